The van der Waals surface area contributed by atoms with Crippen LogP contribution in [0.15, 0.2) is 35.7 Å². The van der Waals surface area contributed by atoms with E-state index in [1.54, 1.807) is 14.2 Å². The summed E-state index contributed by atoms with van der Waals surface area (Å²) in [4.78, 5) is 18.1. The maximum atomic E-state index is 12.5. The molecule has 0 fully saturated rings. The molecule has 0 spiro atoms. The zero-order chi connectivity index (χ0) is 21.5. The van der Waals surface area contributed by atoms with Crippen LogP contribution in [-0.2, 0) is 16.0 Å². The van der Waals surface area contributed by atoms with Crippen LogP contribution < -0.4 is 14.8 Å². The molecule has 160 valence electrons. The minimum Gasteiger partial charge on any atom is -0.493 e. The van der Waals surface area contributed by atoms with Crippen LogP contribution in [0.3, 0.4) is 0 Å². The van der Waals surface area contributed by atoms with Gasteiger partial charge in [-0.3, -0.25) is 4.79 Å². The zero-order valence-corrected chi connectivity index (χ0v) is 19.3. The Morgan fingerprint density at radius 2 is 2.03 bits per heavy atom. The van der Waals surface area contributed by atoms with E-state index in [0.717, 1.165) is 25.5 Å². The van der Waals surface area contributed by atoms with Crippen molar-refractivity contribution < 1.29 is 19.0 Å². The summed E-state index contributed by atoms with van der Waals surface area (Å²) in [5, 5.41) is 5.79. The van der Waals surface area contributed by atoms with Gasteiger partial charge in [-0.1, -0.05) is 17.7 Å². The van der Waals surface area contributed by atoms with Crippen molar-refractivity contribution in [3.63, 3.8) is 0 Å². The lowest BCUT2D eigenvalue weighted by Gasteiger charge is -2.17. The van der Waals surface area contributed by atoms with Crippen LogP contribution in [0.25, 0.3) is 9.88 Å². The van der Waals surface area contributed by atoms with Crippen molar-refractivity contribution in [1.29, 1.82) is 0 Å². The summed E-state index contributed by atoms with van der Waals surface area (Å²) in [7, 11) is 3.21. The van der Waals surface area contributed by atoms with Gasteiger partial charge in [-0.05, 0) is 36.8 Å². The topological polar surface area (TPSA) is 69.7 Å². The summed E-state index contributed by atoms with van der Waals surface area (Å²) >= 11 is 8.97. The first-order valence-electron chi connectivity index (χ1n) is 9.29. The molecule has 2 aromatic heterocycles. The van der Waals surface area contributed by atoms with Crippen LogP contribution in [0, 0.1) is 0 Å². The molecule has 9 heteroatoms. The quantitative estimate of drug-likeness (QED) is 0.427. The normalized spacial score (nSPS) is 11.9. The molecule has 1 aromatic carbocycles. The molecule has 2 heterocycles. The van der Waals surface area contributed by atoms with Gasteiger partial charge in [0.25, 0.3) is 0 Å². The number of thiazole rings is 1. The Morgan fingerprint density at radius 3 is 2.73 bits per heavy atom. The Hall–Kier alpha value is -2.13. The fraction of sp³-hybridized carbons (Fsp3) is 0.333. The number of hydrogen-bond acceptors (Lipinski definition) is 7. The Bertz CT molecular complexity index is 989. The Kier molecular flexibility index (Phi) is 8.09. The van der Waals surface area contributed by atoms with Crippen molar-refractivity contribution in [2.75, 3.05) is 27.4 Å². The van der Waals surface area contributed by atoms with E-state index in [9.17, 15) is 4.79 Å². The van der Waals surface area contributed by atoms with Crippen molar-refractivity contribution in [2.24, 2.45) is 0 Å². The number of benzene rings is 1. The van der Waals surface area contributed by atoms with Crippen LogP contribution in [0.4, 0.5) is 0 Å². The average Bonchev–Trinajstić information content (AvgIpc) is 3.37. The molecule has 0 aliphatic carbocycles. The highest BCUT2D eigenvalue weighted by Gasteiger charge is 2.15. The van der Waals surface area contributed by atoms with Gasteiger partial charge >= 0.3 is 0 Å². The first kappa shape index (κ1) is 22.6. The van der Waals surface area contributed by atoms with Crippen molar-refractivity contribution in [3.05, 3.63) is 51.3 Å². The van der Waals surface area contributed by atoms with E-state index >= 15 is 0 Å². The second kappa shape index (κ2) is 10.8. The number of rotatable bonds is 10. The molecule has 3 rings (SSSR count). The molecule has 0 aliphatic heterocycles. The highest BCUT2D eigenvalue weighted by Crippen LogP contribution is 2.33. The average molecular weight is 467 g/mol. The van der Waals surface area contributed by atoms with Gasteiger partial charge in [0.05, 0.1) is 41.1 Å². The molecule has 1 atom stereocenters. The van der Waals surface area contributed by atoms with Gasteiger partial charge < -0.3 is 19.5 Å². The summed E-state index contributed by atoms with van der Waals surface area (Å²) in [6.07, 6.45) is 0.218. The third-order valence-corrected chi connectivity index (χ3v) is 6.58. The van der Waals surface area contributed by atoms with Crippen LogP contribution in [-0.4, -0.2) is 38.3 Å². The second-order valence-corrected chi connectivity index (χ2v) is 9.04. The van der Waals surface area contributed by atoms with E-state index in [0.29, 0.717) is 24.7 Å². The van der Waals surface area contributed by atoms with Crippen LogP contribution in [0.1, 0.15) is 24.2 Å². The fourth-order valence-corrected chi connectivity index (χ4v) is 4.71. The Labute approximate surface area is 188 Å². The fourth-order valence-electron chi connectivity index (χ4n) is 2.78. The molecule has 6 nitrogen and oxygen atoms in total. The third kappa shape index (κ3) is 5.95. The SMILES string of the molecule is COCCOc1ccc(C(C)NC(=O)Cc2csc(-c3ccc(Cl)s3)n2)cc1OC. The first-order valence-corrected chi connectivity index (χ1v) is 11.4. The summed E-state index contributed by atoms with van der Waals surface area (Å²) in [5.74, 6) is 1.16. The molecule has 0 radical (unpaired) electrons. The van der Waals surface area contributed by atoms with Crippen molar-refractivity contribution in [1.82, 2.24) is 10.3 Å². The predicted octanol–water partition coefficient (Wildman–Crippen LogP) is 4.98. The molecular weight excluding hydrogens is 444 g/mol. The molecule has 3 aromatic rings. The van der Waals surface area contributed by atoms with Crippen LogP contribution in [0.5, 0.6) is 11.5 Å². The number of nitrogens with one attached hydrogen (secondary N) is 1. The number of methoxy groups -OCH3 is 2. The number of thiophene rings is 1. The molecule has 1 amide bonds. The number of carbonyl (C=O) groups excluding carboxylic acids is 1. The monoisotopic (exact) mass is 466 g/mol. The lowest BCUT2D eigenvalue weighted by atomic mass is 10.1. The Balaban J connectivity index is 1.59. The maximum absolute atomic E-state index is 12.5. The number of ether oxygens (including phenoxy) is 3. The van der Waals surface area contributed by atoms with Crippen LogP contribution >= 0.6 is 34.3 Å². The standard InChI is InChI=1S/C21H23ClN2O4S2/c1-13(14-4-5-16(17(10-14)27-3)28-9-8-26-2)23-20(25)11-15-12-29-21(24-15)18-6-7-19(22)30-18/h4-7,10,12-13H,8-9,11H2,1-3H3,(H,23,25). The van der Waals surface area contributed by atoms with E-state index in [4.69, 9.17) is 25.8 Å². The lowest BCUT2D eigenvalue weighted by Crippen LogP contribution is -2.28. The van der Waals surface area contributed by atoms with Crippen molar-refractivity contribution >= 4 is 40.2 Å². The molecular formula is C21H23ClN2O4S2. The molecule has 30 heavy (non-hydrogen) atoms. The van der Waals surface area contributed by atoms with E-state index in [1.165, 1.54) is 22.7 Å². The minimum atomic E-state index is -0.186. The molecule has 0 bridgehead atoms. The minimum absolute atomic E-state index is 0.0945. The number of amides is 1. The third-order valence-electron chi connectivity index (χ3n) is 4.29. The number of carbonyl (C=O) groups is 1. The van der Waals surface area contributed by atoms with Crippen molar-refractivity contribution in [3.8, 4) is 21.4 Å². The summed E-state index contributed by atoms with van der Waals surface area (Å²) in [6.45, 7) is 2.86. The highest BCUT2D eigenvalue weighted by molar-refractivity contribution is 7.23. The lowest BCUT2D eigenvalue weighted by molar-refractivity contribution is -0.121. The number of aromatic nitrogens is 1. The summed E-state index contributed by atoms with van der Waals surface area (Å²) < 4.78 is 16.8. The van der Waals surface area contributed by atoms with Gasteiger partial charge in [0.15, 0.2) is 11.5 Å². The van der Waals surface area contributed by atoms with Crippen molar-refractivity contribution in [2.45, 2.75) is 19.4 Å². The van der Waals surface area contributed by atoms with Gasteiger partial charge in [0.1, 0.15) is 11.6 Å². The zero-order valence-electron chi connectivity index (χ0n) is 16.9. The molecule has 1 N–H and O–H groups in total. The van der Waals surface area contributed by atoms with Gasteiger partial charge in [-0.25, -0.2) is 4.98 Å². The molecule has 1 unspecified atom stereocenters. The maximum Gasteiger partial charge on any atom is 0.226 e. The smallest absolute Gasteiger partial charge is 0.226 e. The first-order chi connectivity index (χ1) is 14.5. The molecule has 0 saturated heterocycles. The number of halogens is 1. The Morgan fingerprint density at radius 1 is 1.20 bits per heavy atom. The van der Waals surface area contributed by atoms with Gasteiger partial charge in [-0.2, -0.15) is 0 Å². The van der Waals surface area contributed by atoms with E-state index in [2.05, 4.69) is 10.3 Å². The highest BCUT2D eigenvalue weighted by atomic mass is 35.5. The number of hydrogen-bond donors (Lipinski definition) is 1. The van der Waals surface area contributed by atoms with Crippen LogP contribution in [0.2, 0.25) is 4.34 Å². The van der Waals surface area contributed by atoms with Gasteiger partial charge in [0.2, 0.25) is 5.91 Å². The van der Waals surface area contributed by atoms with E-state index in [-0.39, 0.29) is 18.4 Å². The van der Waals surface area contributed by atoms with Gasteiger partial charge in [0, 0.05) is 12.5 Å². The van der Waals surface area contributed by atoms with Gasteiger partial charge in [-0.15, -0.1) is 22.7 Å². The van der Waals surface area contributed by atoms with E-state index < -0.39 is 0 Å². The summed E-state index contributed by atoms with van der Waals surface area (Å²) in [6, 6.07) is 9.22. The molecule has 0 aliphatic rings. The second-order valence-electron chi connectivity index (χ2n) is 6.47. The largest absolute Gasteiger partial charge is 0.493 e. The summed E-state index contributed by atoms with van der Waals surface area (Å²) in [5.41, 5.74) is 1.66. The molecule has 0 saturated carbocycles. The number of nitrogens with zero attached hydrogens (tertiary/aromatic N) is 1. The van der Waals surface area contributed by atoms with E-state index in [1.807, 2.05) is 42.6 Å². The predicted molar refractivity (Wildman–Crippen MR) is 121 cm³/mol.